The molecule has 110 valence electrons. The number of β-amino-alcohol motifs (C(OH)–C–C–N with tert-alkyl or cyclic N) is 1. The van der Waals surface area contributed by atoms with Crippen molar-refractivity contribution in [3.8, 4) is 0 Å². The summed E-state index contributed by atoms with van der Waals surface area (Å²) in [6.07, 6.45) is -0.352. The molecular formula is C15H22N2O2S. The summed E-state index contributed by atoms with van der Waals surface area (Å²) in [4.78, 5) is 13.1. The fraction of sp³-hybridized carbons (Fsp3) is 0.533. The monoisotopic (exact) mass is 294 g/mol. The predicted molar refractivity (Wildman–Crippen MR) is 81.9 cm³/mol. The van der Waals surface area contributed by atoms with Crippen LogP contribution in [0, 0.1) is 12.8 Å². The maximum atomic E-state index is 12.0. The number of aryl methyl sites for hydroxylation is 1. The second kappa shape index (κ2) is 7.11. The molecule has 2 rings (SSSR count). The van der Waals surface area contributed by atoms with Crippen molar-refractivity contribution in [3.63, 3.8) is 0 Å². The number of carbonyl (C=O) groups is 1. The lowest BCUT2D eigenvalue weighted by molar-refractivity contribution is -0.120. The zero-order valence-corrected chi connectivity index (χ0v) is 12.7. The van der Waals surface area contributed by atoms with Crippen LogP contribution in [0.15, 0.2) is 29.2 Å². The Morgan fingerprint density at radius 2 is 2.15 bits per heavy atom. The van der Waals surface area contributed by atoms with Gasteiger partial charge >= 0.3 is 0 Å². The first-order valence-electron chi connectivity index (χ1n) is 6.96. The second-order valence-corrected chi connectivity index (χ2v) is 6.72. The van der Waals surface area contributed by atoms with Crippen LogP contribution >= 0.6 is 11.8 Å². The van der Waals surface area contributed by atoms with Gasteiger partial charge in [-0.15, -0.1) is 11.8 Å². The van der Waals surface area contributed by atoms with E-state index in [4.69, 9.17) is 0 Å². The topological polar surface area (TPSA) is 61.4 Å². The molecule has 0 aliphatic carbocycles. The van der Waals surface area contributed by atoms with E-state index in [0.717, 1.165) is 11.4 Å². The largest absolute Gasteiger partial charge is 0.391 e. The van der Waals surface area contributed by atoms with Gasteiger partial charge in [0.15, 0.2) is 0 Å². The van der Waals surface area contributed by atoms with Crippen molar-refractivity contribution in [2.75, 3.05) is 19.6 Å². The maximum Gasteiger partial charge on any atom is 0.233 e. The third-order valence-corrected chi connectivity index (χ3v) is 4.66. The molecule has 0 aromatic heterocycles. The van der Waals surface area contributed by atoms with Gasteiger partial charge in [-0.05, 0) is 26.0 Å². The van der Waals surface area contributed by atoms with E-state index in [2.05, 4.69) is 10.6 Å². The Balaban J connectivity index is 1.78. The Morgan fingerprint density at radius 1 is 1.45 bits per heavy atom. The molecule has 4 nitrogen and oxygen atoms in total. The summed E-state index contributed by atoms with van der Waals surface area (Å²) in [7, 11) is 0. The molecule has 1 fully saturated rings. The highest BCUT2D eigenvalue weighted by molar-refractivity contribution is 8.00. The molecule has 0 bridgehead atoms. The lowest BCUT2D eigenvalue weighted by atomic mass is 10.1. The maximum absolute atomic E-state index is 12.0. The van der Waals surface area contributed by atoms with Crippen LogP contribution in [0.2, 0.25) is 0 Å². The van der Waals surface area contributed by atoms with Gasteiger partial charge in [0.2, 0.25) is 5.91 Å². The third-order valence-electron chi connectivity index (χ3n) is 3.55. The lowest BCUT2D eigenvalue weighted by Crippen LogP contribution is -2.38. The van der Waals surface area contributed by atoms with Gasteiger partial charge in [-0.1, -0.05) is 17.7 Å². The Bertz CT molecular complexity index is 450. The van der Waals surface area contributed by atoms with Crippen LogP contribution < -0.4 is 10.6 Å². The summed E-state index contributed by atoms with van der Waals surface area (Å²) in [5, 5.41) is 15.6. The van der Waals surface area contributed by atoms with Crippen LogP contribution in [0.3, 0.4) is 0 Å². The number of carbonyl (C=O) groups excluding carboxylic acids is 1. The van der Waals surface area contributed by atoms with Gasteiger partial charge < -0.3 is 15.7 Å². The summed E-state index contributed by atoms with van der Waals surface area (Å²) in [5.41, 5.74) is 1.22. The summed E-state index contributed by atoms with van der Waals surface area (Å²) in [5.74, 6) is 0.144. The molecule has 1 aromatic rings. The van der Waals surface area contributed by atoms with Gasteiger partial charge in [-0.2, -0.15) is 0 Å². The van der Waals surface area contributed by atoms with Crippen LogP contribution in [0.1, 0.15) is 12.5 Å². The zero-order valence-electron chi connectivity index (χ0n) is 11.9. The summed E-state index contributed by atoms with van der Waals surface area (Å²) >= 11 is 1.55. The van der Waals surface area contributed by atoms with Gasteiger partial charge in [0.25, 0.3) is 0 Å². The van der Waals surface area contributed by atoms with Crippen molar-refractivity contribution in [1.29, 1.82) is 0 Å². The molecule has 1 aliphatic rings. The first-order chi connectivity index (χ1) is 9.56. The highest BCUT2D eigenvalue weighted by Crippen LogP contribution is 2.23. The number of amides is 1. The molecular weight excluding hydrogens is 272 g/mol. The van der Waals surface area contributed by atoms with Crippen molar-refractivity contribution in [2.45, 2.75) is 30.1 Å². The van der Waals surface area contributed by atoms with Crippen molar-refractivity contribution in [1.82, 2.24) is 10.6 Å². The number of aliphatic hydroxyl groups is 1. The van der Waals surface area contributed by atoms with Crippen molar-refractivity contribution in [2.24, 2.45) is 5.92 Å². The van der Waals surface area contributed by atoms with E-state index >= 15 is 0 Å². The van der Waals surface area contributed by atoms with Crippen molar-refractivity contribution >= 4 is 17.7 Å². The molecule has 3 atom stereocenters. The van der Waals surface area contributed by atoms with E-state index in [9.17, 15) is 9.90 Å². The van der Waals surface area contributed by atoms with Crippen LogP contribution in [0.5, 0.6) is 0 Å². The number of hydrogen-bond donors (Lipinski definition) is 3. The number of rotatable bonds is 5. The number of hydrogen-bond acceptors (Lipinski definition) is 4. The highest BCUT2D eigenvalue weighted by atomic mass is 32.2. The Labute approximate surface area is 124 Å². The van der Waals surface area contributed by atoms with Gasteiger partial charge in [0.05, 0.1) is 11.4 Å². The number of benzene rings is 1. The Kier molecular flexibility index (Phi) is 5.46. The molecule has 1 aromatic carbocycles. The normalized spacial score (nSPS) is 23.6. The van der Waals surface area contributed by atoms with Crippen molar-refractivity contribution in [3.05, 3.63) is 29.8 Å². The Hall–Kier alpha value is -1.04. The predicted octanol–water partition coefficient (Wildman–Crippen LogP) is 1.17. The van der Waals surface area contributed by atoms with E-state index in [1.807, 2.05) is 38.1 Å². The third kappa shape index (κ3) is 4.23. The molecule has 0 radical (unpaired) electrons. The van der Waals surface area contributed by atoms with Gasteiger partial charge in [0, 0.05) is 30.4 Å². The molecule has 1 amide bonds. The van der Waals surface area contributed by atoms with Crippen LogP contribution in [0.25, 0.3) is 0 Å². The molecule has 1 aliphatic heterocycles. The SMILES string of the molecule is Cc1ccc(SC(C)C(=O)NCC2CNCC2O)cc1. The van der Waals surface area contributed by atoms with E-state index in [-0.39, 0.29) is 23.2 Å². The molecule has 1 heterocycles. The summed E-state index contributed by atoms with van der Waals surface area (Å²) in [6.45, 7) is 5.87. The lowest BCUT2D eigenvalue weighted by Gasteiger charge is -2.16. The summed E-state index contributed by atoms with van der Waals surface area (Å²) < 4.78 is 0. The smallest absolute Gasteiger partial charge is 0.233 e. The van der Waals surface area contributed by atoms with Gasteiger partial charge in [-0.3, -0.25) is 4.79 Å². The molecule has 20 heavy (non-hydrogen) atoms. The minimum absolute atomic E-state index is 0.0228. The second-order valence-electron chi connectivity index (χ2n) is 5.30. The molecule has 5 heteroatoms. The Morgan fingerprint density at radius 3 is 2.75 bits per heavy atom. The minimum Gasteiger partial charge on any atom is -0.391 e. The first kappa shape index (κ1) is 15.4. The van der Waals surface area contributed by atoms with Crippen LogP contribution in [0.4, 0.5) is 0 Å². The van der Waals surface area contributed by atoms with E-state index in [1.54, 1.807) is 11.8 Å². The molecule has 3 unspecified atom stereocenters. The minimum atomic E-state index is -0.352. The molecule has 3 N–H and O–H groups in total. The fourth-order valence-electron chi connectivity index (χ4n) is 2.18. The average molecular weight is 294 g/mol. The van der Waals surface area contributed by atoms with E-state index in [0.29, 0.717) is 13.1 Å². The van der Waals surface area contributed by atoms with Gasteiger partial charge in [-0.25, -0.2) is 0 Å². The van der Waals surface area contributed by atoms with Crippen LogP contribution in [-0.4, -0.2) is 42.0 Å². The summed E-state index contributed by atoms with van der Waals surface area (Å²) in [6, 6.07) is 8.17. The molecule has 1 saturated heterocycles. The number of thioether (sulfide) groups is 1. The van der Waals surface area contributed by atoms with E-state index in [1.165, 1.54) is 5.56 Å². The standard InChI is InChI=1S/C15H22N2O2S/c1-10-3-5-13(6-4-10)20-11(2)15(19)17-8-12-7-16-9-14(12)18/h3-6,11-12,14,16,18H,7-9H2,1-2H3,(H,17,19). The van der Waals surface area contributed by atoms with E-state index < -0.39 is 0 Å². The molecule has 0 spiro atoms. The quantitative estimate of drug-likeness (QED) is 0.714. The first-order valence-corrected chi connectivity index (χ1v) is 7.84. The average Bonchev–Trinajstić information content (AvgIpc) is 2.84. The van der Waals surface area contributed by atoms with Crippen LogP contribution in [-0.2, 0) is 4.79 Å². The highest BCUT2D eigenvalue weighted by Gasteiger charge is 2.25. The number of aliphatic hydroxyl groups excluding tert-OH is 1. The van der Waals surface area contributed by atoms with Gasteiger partial charge in [0.1, 0.15) is 0 Å². The zero-order chi connectivity index (χ0) is 14.5. The molecule has 0 saturated carbocycles. The fourth-order valence-corrected chi connectivity index (χ4v) is 3.07. The number of nitrogens with one attached hydrogen (secondary N) is 2. The van der Waals surface area contributed by atoms with Crippen molar-refractivity contribution < 1.29 is 9.90 Å².